The van der Waals surface area contributed by atoms with Crippen LogP contribution in [-0.4, -0.2) is 5.97 Å². The summed E-state index contributed by atoms with van der Waals surface area (Å²) in [6.45, 7) is 0.490. The van der Waals surface area contributed by atoms with Gasteiger partial charge in [-0.05, 0) is 29.3 Å². The predicted octanol–water partition coefficient (Wildman–Crippen LogP) is 4.73. The first-order valence-corrected chi connectivity index (χ1v) is 9.15. The summed E-state index contributed by atoms with van der Waals surface area (Å²) in [7, 11) is 0. The van der Waals surface area contributed by atoms with E-state index in [0.29, 0.717) is 23.3 Å². The first kappa shape index (κ1) is 18.5. The van der Waals surface area contributed by atoms with Crippen LogP contribution in [0, 0.1) is 0 Å². The molecule has 0 unspecified atom stereocenters. The monoisotopic (exact) mass is 386 g/mol. The minimum atomic E-state index is -0.740. The minimum absolute atomic E-state index is 0.0867. The highest BCUT2D eigenvalue weighted by molar-refractivity contribution is 5.93. The van der Waals surface area contributed by atoms with Crippen molar-refractivity contribution >= 4 is 16.9 Å². The van der Waals surface area contributed by atoms with Gasteiger partial charge in [0.05, 0.1) is 0 Å². The number of hydrogen-bond donors (Lipinski definition) is 0. The Morgan fingerprint density at radius 2 is 1.45 bits per heavy atom. The fraction of sp³-hybridized carbons (Fsp3) is 0.0833. The number of esters is 1. The maximum atomic E-state index is 12.3. The Bertz CT molecular complexity index is 1180. The lowest BCUT2D eigenvalue weighted by Gasteiger charge is -2.08. The van der Waals surface area contributed by atoms with E-state index < -0.39 is 11.6 Å². The zero-order valence-electron chi connectivity index (χ0n) is 15.5. The van der Waals surface area contributed by atoms with Gasteiger partial charge in [-0.15, -0.1) is 0 Å². The van der Waals surface area contributed by atoms with E-state index in [2.05, 4.69) is 0 Å². The molecule has 4 aromatic rings. The van der Waals surface area contributed by atoms with E-state index in [9.17, 15) is 9.59 Å². The Morgan fingerprint density at radius 3 is 2.14 bits per heavy atom. The largest absolute Gasteiger partial charge is 0.489 e. The van der Waals surface area contributed by atoms with E-state index in [-0.39, 0.29) is 12.2 Å². The number of fused-ring (bicyclic) bond motifs is 1. The van der Waals surface area contributed by atoms with E-state index in [1.807, 2.05) is 60.7 Å². The molecule has 5 nitrogen and oxygen atoms in total. The Morgan fingerprint density at radius 1 is 0.793 bits per heavy atom. The standard InChI is InChI=1S/C24H18O5/c25-23(28-16-18-9-5-2-6-10-18)21-13-19-11-12-20(14-22(19)29-24(21)26)27-15-17-7-3-1-4-8-17/h1-14H,15-16H2. The molecule has 0 aliphatic carbocycles. The van der Waals surface area contributed by atoms with Crippen LogP contribution in [0.25, 0.3) is 11.0 Å². The fourth-order valence-electron chi connectivity index (χ4n) is 2.87. The van der Waals surface area contributed by atoms with Crippen LogP contribution in [-0.2, 0) is 18.0 Å². The maximum Gasteiger partial charge on any atom is 0.351 e. The molecule has 5 heteroatoms. The zero-order valence-corrected chi connectivity index (χ0v) is 15.5. The van der Waals surface area contributed by atoms with Crippen molar-refractivity contribution in [2.75, 3.05) is 0 Å². The SMILES string of the molecule is O=C(OCc1ccccc1)c1cc2ccc(OCc3ccccc3)cc2oc1=O. The van der Waals surface area contributed by atoms with Crippen LogP contribution in [0.4, 0.5) is 0 Å². The first-order chi connectivity index (χ1) is 14.2. The lowest BCUT2D eigenvalue weighted by molar-refractivity contribution is 0.0468. The molecule has 0 atom stereocenters. The highest BCUT2D eigenvalue weighted by atomic mass is 16.5. The molecule has 1 aromatic heterocycles. The molecule has 0 saturated heterocycles. The summed E-state index contributed by atoms with van der Waals surface area (Å²) in [6.07, 6.45) is 0. The topological polar surface area (TPSA) is 65.7 Å². The van der Waals surface area contributed by atoms with Gasteiger partial charge in [0, 0.05) is 11.5 Å². The Kier molecular flexibility index (Phi) is 5.38. The predicted molar refractivity (Wildman–Crippen MR) is 109 cm³/mol. The molecule has 0 amide bonds. The molecule has 0 N–H and O–H groups in total. The normalized spacial score (nSPS) is 10.6. The van der Waals surface area contributed by atoms with E-state index in [0.717, 1.165) is 11.1 Å². The second-order valence-corrected chi connectivity index (χ2v) is 6.48. The summed E-state index contributed by atoms with van der Waals surface area (Å²) < 4.78 is 16.3. The Labute approximate surface area is 167 Å². The van der Waals surface area contributed by atoms with Crippen molar-refractivity contribution < 1.29 is 18.7 Å². The van der Waals surface area contributed by atoms with Crippen molar-refractivity contribution in [3.8, 4) is 5.75 Å². The summed E-state index contributed by atoms with van der Waals surface area (Å²) in [4.78, 5) is 24.6. The van der Waals surface area contributed by atoms with Gasteiger partial charge < -0.3 is 13.9 Å². The van der Waals surface area contributed by atoms with Gasteiger partial charge in [-0.1, -0.05) is 60.7 Å². The van der Waals surface area contributed by atoms with E-state index in [4.69, 9.17) is 13.9 Å². The summed E-state index contributed by atoms with van der Waals surface area (Å²) in [5.74, 6) is -0.141. The lowest BCUT2D eigenvalue weighted by atomic mass is 10.2. The molecule has 0 fully saturated rings. The van der Waals surface area contributed by atoms with Crippen molar-refractivity contribution in [3.63, 3.8) is 0 Å². The van der Waals surface area contributed by atoms with Crippen LogP contribution in [0.15, 0.2) is 94.1 Å². The molecule has 1 heterocycles. The third-order valence-corrected chi connectivity index (χ3v) is 4.39. The van der Waals surface area contributed by atoms with Crippen molar-refractivity contribution in [1.29, 1.82) is 0 Å². The molecule has 0 aliphatic rings. The highest BCUT2D eigenvalue weighted by Crippen LogP contribution is 2.22. The Balaban J connectivity index is 1.49. The smallest absolute Gasteiger partial charge is 0.351 e. The summed E-state index contributed by atoms with van der Waals surface area (Å²) >= 11 is 0. The van der Waals surface area contributed by atoms with Crippen LogP contribution < -0.4 is 10.4 Å². The molecule has 29 heavy (non-hydrogen) atoms. The van der Waals surface area contributed by atoms with Crippen molar-refractivity contribution in [1.82, 2.24) is 0 Å². The molecule has 0 aliphatic heterocycles. The van der Waals surface area contributed by atoms with Crippen molar-refractivity contribution in [2.24, 2.45) is 0 Å². The summed E-state index contributed by atoms with van der Waals surface area (Å²) in [6, 6.07) is 25.6. The molecule has 0 radical (unpaired) electrons. The van der Waals surface area contributed by atoms with E-state index in [1.54, 1.807) is 18.2 Å². The van der Waals surface area contributed by atoms with Gasteiger partial charge in [-0.3, -0.25) is 0 Å². The van der Waals surface area contributed by atoms with E-state index >= 15 is 0 Å². The number of rotatable bonds is 6. The van der Waals surface area contributed by atoms with Gasteiger partial charge in [0.25, 0.3) is 0 Å². The van der Waals surface area contributed by atoms with Gasteiger partial charge in [-0.2, -0.15) is 0 Å². The van der Waals surface area contributed by atoms with Gasteiger partial charge in [0.15, 0.2) is 0 Å². The molecule has 144 valence electrons. The van der Waals surface area contributed by atoms with Crippen LogP contribution in [0.1, 0.15) is 21.5 Å². The second-order valence-electron chi connectivity index (χ2n) is 6.48. The van der Waals surface area contributed by atoms with Crippen LogP contribution in [0.2, 0.25) is 0 Å². The first-order valence-electron chi connectivity index (χ1n) is 9.15. The molecular formula is C24H18O5. The van der Waals surface area contributed by atoms with E-state index in [1.165, 1.54) is 6.07 Å². The zero-order chi connectivity index (χ0) is 20.1. The number of carbonyl (C=O) groups excluding carboxylic acids is 1. The van der Waals surface area contributed by atoms with Crippen molar-refractivity contribution in [2.45, 2.75) is 13.2 Å². The van der Waals surface area contributed by atoms with Gasteiger partial charge in [-0.25, -0.2) is 9.59 Å². The number of hydrogen-bond acceptors (Lipinski definition) is 5. The summed E-state index contributed by atoms with van der Waals surface area (Å²) in [5, 5.41) is 0.614. The molecular weight excluding hydrogens is 368 g/mol. The number of benzene rings is 3. The molecule has 0 bridgehead atoms. The molecule has 0 saturated carbocycles. The van der Waals surface area contributed by atoms with Gasteiger partial charge >= 0.3 is 11.6 Å². The van der Waals surface area contributed by atoms with Crippen molar-refractivity contribution in [3.05, 3.63) is 112 Å². The van der Waals surface area contributed by atoms with Gasteiger partial charge in [0.1, 0.15) is 30.1 Å². The van der Waals surface area contributed by atoms with Gasteiger partial charge in [0.2, 0.25) is 0 Å². The maximum absolute atomic E-state index is 12.3. The average molecular weight is 386 g/mol. The lowest BCUT2D eigenvalue weighted by Crippen LogP contribution is -2.16. The number of carbonyl (C=O) groups is 1. The highest BCUT2D eigenvalue weighted by Gasteiger charge is 2.16. The molecule has 0 spiro atoms. The van der Waals surface area contributed by atoms with Crippen LogP contribution in [0.5, 0.6) is 5.75 Å². The quantitative estimate of drug-likeness (QED) is 0.354. The third kappa shape index (κ3) is 4.52. The average Bonchev–Trinajstić information content (AvgIpc) is 2.77. The Hall–Kier alpha value is -3.86. The fourth-order valence-corrected chi connectivity index (χ4v) is 2.87. The second kappa shape index (κ2) is 8.44. The molecule has 4 rings (SSSR count). The van der Waals surface area contributed by atoms with Crippen LogP contribution in [0.3, 0.4) is 0 Å². The molecule has 3 aromatic carbocycles. The summed E-state index contributed by atoms with van der Waals surface area (Å²) in [5.41, 5.74) is 1.35. The third-order valence-electron chi connectivity index (χ3n) is 4.39. The number of ether oxygens (including phenoxy) is 2. The van der Waals surface area contributed by atoms with Crippen LogP contribution >= 0.6 is 0 Å². The minimum Gasteiger partial charge on any atom is -0.489 e.